The summed E-state index contributed by atoms with van der Waals surface area (Å²) in [4.78, 5) is 11.8. The average molecular weight is 226 g/mol. The molecule has 0 aliphatic heterocycles. The van der Waals surface area contributed by atoms with Gasteiger partial charge in [0, 0.05) is 0 Å². The normalized spacial score (nSPS) is 11.3. The third-order valence-corrected chi connectivity index (χ3v) is 2.02. The average Bonchev–Trinajstić information content (AvgIpc) is 1.99. The van der Waals surface area contributed by atoms with Gasteiger partial charge in [0.25, 0.3) is 0 Å². The fourth-order valence-electron chi connectivity index (χ4n) is 1.13. The van der Waals surface area contributed by atoms with Crippen molar-refractivity contribution in [1.29, 1.82) is 0 Å². The van der Waals surface area contributed by atoms with Crippen LogP contribution >= 0.6 is 11.6 Å². The van der Waals surface area contributed by atoms with Crippen molar-refractivity contribution in [3.05, 3.63) is 41.3 Å². The first-order valence-electron chi connectivity index (χ1n) is 4.65. The Bertz CT molecular complexity index is 357. The number of hydrogen-bond donors (Lipinski definition) is 0. The smallest absolute Gasteiger partial charge is 0.340 e. The maximum atomic E-state index is 11.8. The highest BCUT2D eigenvalue weighted by molar-refractivity contribution is 6.33. The Morgan fingerprint density at radius 2 is 2.00 bits per heavy atom. The lowest BCUT2D eigenvalue weighted by Crippen LogP contribution is -2.24. The monoisotopic (exact) mass is 225 g/mol. The molecular weight excluding hydrogens is 212 g/mol. The molecule has 1 aromatic carbocycles. The quantitative estimate of drug-likeness (QED) is 0.684. The summed E-state index contributed by atoms with van der Waals surface area (Å²) in [6.07, 6.45) is 0. The predicted octanol–water partition coefficient (Wildman–Crippen LogP) is 3.48. The molecule has 3 heteroatoms. The molecule has 0 aliphatic rings. The molecule has 0 heterocycles. The minimum atomic E-state index is -0.525. The van der Waals surface area contributed by atoms with Crippen molar-refractivity contribution in [2.24, 2.45) is 0 Å². The molecule has 0 N–H and O–H groups in total. The third kappa shape index (κ3) is 3.24. The highest BCUT2D eigenvalue weighted by atomic mass is 35.5. The SMILES string of the molecule is [CH2]c1cccc(Cl)c1C(=O)OC(C)(C)C. The molecule has 81 valence electrons. The Kier molecular flexibility index (Phi) is 3.40. The molecule has 0 saturated heterocycles. The molecule has 0 bridgehead atoms. The highest BCUT2D eigenvalue weighted by Crippen LogP contribution is 2.22. The van der Waals surface area contributed by atoms with Gasteiger partial charge in [-0.25, -0.2) is 4.79 Å². The van der Waals surface area contributed by atoms with Crippen LogP contribution in [0, 0.1) is 6.92 Å². The fraction of sp³-hybridized carbons (Fsp3) is 0.333. The highest BCUT2D eigenvalue weighted by Gasteiger charge is 2.21. The van der Waals surface area contributed by atoms with Crippen molar-refractivity contribution in [3.8, 4) is 0 Å². The standard InChI is InChI=1S/C12H14ClO2/c1-8-6-5-7-9(13)10(8)11(14)15-12(2,3)4/h5-7H,1H2,2-4H3. The number of halogens is 1. The van der Waals surface area contributed by atoms with Crippen LogP contribution in [0.25, 0.3) is 0 Å². The van der Waals surface area contributed by atoms with Gasteiger partial charge >= 0.3 is 5.97 Å². The largest absolute Gasteiger partial charge is 0.456 e. The lowest BCUT2D eigenvalue weighted by atomic mass is 10.1. The van der Waals surface area contributed by atoms with Crippen LogP contribution in [0.15, 0.2) is 18.2 Å². The molecule has 0 saturated carbocycles. The van der Waals surface area contributed by atoms with Crippen LogP contribution in [0.5, 0.6) is 0 Å². The molecule has 1 rings (SSSR count). The van der Waals surface area contributed by atoms with Crippen LogP contribution in [0.3, 0.4) is 0 Å². The van der Waals surface area contributed by atoms with Crippen LogP contribution in [0.4, 0.5) is 0 Å². The van der Waals surface area contributed by atoms with Gasteiger partial charge in [0.1, 0.15) is 5.60 Å². The van der Waals surface area contributed by atoms with E-state index < -0.39 is 11.6 Å². The van der Waals surface area contributed by atoms with Gasteiger partial charge in [-0.05, 0) is 39.3 Å². The van der Waals surface area contributed by atoms with Crippen molar-refractivity contribution < 1.29 is 9.53 Å². The summed E-state index contributed by atoms with van der Waals surface area (Å²) < 4.78 is 5.22. The number of carbonyl (C=O) groups is 1. The van der Waals surface area contributed by atoms with Crippen molar-refractivity contribution >= 4 is 17.6 Å². The van der Waals surface area contributed by atoms with E-state index in [9.17, 15) is 4.79 Å². The van der Waals surface area contributed by atoms with Gasteiger partial charge in [-0.3, -0.25) is 0 Å². The summed E-state index contributed by atoms with van der Waals surface area (Å²) in [5.74, 6) is -0.432. The number of rotatable bonds is 1. The second kappa shape index (κ2) is 4.23. The topological polar surface area (TPSA) is 26.3 Å². The number of hydrogen-bond acceptors (Lipinski definition) is 2. The van der Waals surface area contributed by atoms with Gasteiger partial charge in [-0.1, -0.05) is 23.7 Å². The molecule has 0 fully saturated rings. The van der Waals surface area contributed by atoms with E-state index in [1.165, 1.54) is 0 Å². The van der Waals surface area contributed by atoms with E-state index in [0.29, 0.717) is 16.1 Å². The summed E-state index contributed by atoms with van der Waals surface area (Å²) in [6.45, 7) is 9.18. The maximum Gasteiger partial charge on any atom is 0.340 e. The number of benzene rings is 1. The van der Waals surface area contributed by atoms with E-state index in [0.717, 1.165) is 0 Å². The molecule has 0 amide bonds. The van der Waals surface area contributed by atoms with Crippen LogP contribution < -0.4 is 0 Å². The number of esters is 1. The van der Waals surface area contributed by atoms with Crippen molar-refractivity contribution in [2.45, 2.75) is 26.4 Å². The first-order chi connectivity index (χ1) is 6.81. The minimum Gasteiger partial charge on any atom is -0.456 e. The molecule has 0 spiro atoms. The van der Waals surface area contributed by atoms with Crippen molar-refractivity contribution in [3.63, 3.8) is 0 Å². The molecular formula is C12H14ClO2. The Hall–Kier alpha value is -1.02. The first kappa shape index (κ1) is 12.1. The van der Waals surface area contributed by atoms with Gasteiger partial charge in [-0.2, -0.15) is 0 Å². The third-order valence-electron chi connectivity index (χ3n) is 1.70. The molecule has 1 radical (unpaired) electrons. The Balaban J connectivity index is 3.02. The molecule has 1 aromatic rings. The van der Waals surface area contributed by atoms with Crippen LogP contribution in [-0.4, -0.2) is 11.6 Å². The van der Waals surface area contributed by atoms with E-state index in [1.54, 1.807) is 18.2 Å². The summed E-state index contributed by atoms with van der Waals surface area (Å²) in [5.41, 5.74) is 0.397. The van der Waals surface area contributed by atoms with E-state index >= 15 is 0 Å². The molecule has 15 heavy (non-hydrogen) atoms. The summed E-state index contributed by atoms with van der Waals surface area (Å²) in [7, 11) is 0. The molecule has 0 atom stereocenters. The Morgan fingerprint density at radius 1 is 1.40 bits per heavy atom. The van der Waals surface area contributed by atoms with E-state index in [1.807, 2.05) is 20.8 Å². The molecule has 0 aromatic heterocycles. The minimum absolute atomic E-state index is 0.342. The van der Waals surface area contributed by atoms with Gasteiger partial charge in [0.2, 0.25) is 0 Å². The molecule has 0 aliphatic carbocycles. The van der Waals surface area contributed by atoms with Gasteiger partial charge in [-0.15, -0.1) is 0 Å². The second-order valence-electron chi connectivity index (χ2n) is 4.28. The molecule has 0 unspecified atom stereocenters. The van der Waals surface area contributed by atoms with Crippen LogP contribution in [0.1, 0.15) is 36.7 Å². The predicted molar refractivity (Wildman–Crippen MR) is 61.1 cm³/mol. The van der Waals surface area contributed by atoms with Crippen molar-refractivity contribution in [2.75, 3.05) is 0 Å². The van der Waals surface area contributed by atoms with Gasteiger partial charge < -0.3 is 4.74 Å². The Morgan fingerprint density at radius 3 is 2.47 bits per heavy atom. The summed E-state index contributed by atoms with van der Waals surface area (Å²) in [5, 5.41) is 0.372. The van der Waals surface area contributed by atoms with E-state index in [-0.39, 0.29) is 0 Å². The van der Waals surface area contributed by atoms with Crippen LogP contribution in [-0.2, 0) is 4.74 Å². The van der Waals surface area contributed by atoms with E-state index in [2.05, 4.69) is 6.92 Å². The second-order valence-corrected chi connectivity index (χ2v) is 4.68. The number of ether oxygens (including phenoxy) is 1. The molecule has 2 nitrogen and oxygen atoms in total. The lowest BCUT2D eigenvalue weighted by Gasteiger charge is -2.20. The summed E-state index contributed by atoms with van der Waals surface area (Å²) in [6, 6.07) is 5.12. The first-order valence-corrected chi connectivity index (χ1v) is 5.03. The lowest BCUT2D eigenvalue weighted by molar-refractivity contribution is 0.00694. The zero-order valence-corrected chi connectivity index (χ0v) is 9.89. The summed E-state index contributed by atoms with van der Waals surface area (Å²) >= 11 is 5.91. The fourth-order valence-corrected chi connectivity index (χ4v) is 1.40. The van der Waals surface area contributed by atoms with Gasteiger partial charge in [0.15, 0.2) is 0 Å². The number of carbonyl (C=O) groups excluding carboxylic acids is 1. The van der Waals surface area contributed by atoms with E-state index in [4.69, 9.17) is 16.3 Å². The zero-order chi connectivity index (χ0) is 11.6. The van der Waals surface area contributed by atoms with Crippen molar-refractivity contribution in [1.82, 2.24) is 0 Å². The zero-order valence-electron chi connectivity index (χ0n) is 9.13. The Labute approximate surface area is 95.2 Å². The van der Waals surface area contributed by atoms with Crippen LogP contribution in [0.2, 0.25) is 5.02 Å². The van der Waals surface area contributed by atoms with Gasteiger partial charge in [0.05, 0.1) is 10.6 Å². The maximum absolute atomic E-state index is 11.8.